The first-order valence-electron chi connectivity index (χ1n) is 9.68. The second-order valence-corrected chi connectivity index (χ2v) is 9.61. The molecular formula is C19H27N3O4S. The molecule has 148 valence electrons. The van der Waals surface area contributed by atoms with Crippen LogP contribution in [-0.2, 0) is 9.84 Å². The van der Waals surface area contributed by atoms with Crippen molar-refractivity contribution in [3.8, 4) is 0 Å². The van der Waals surface area contributed by atoms with Crippen molar-refractivity contribution in [2.45, 2.75) is 57.5 Å². The van der Waals surface area contributed by atoms with Crippen molar-refractivity contribution in [3.05, 3.63) is 29.6 Å². The number of hydrogen-bond donors (Lipinski definition) is 1. The van der Waals surface area contributed by atoms with Crippen molar-refractivity contribution < 1.29 is 18.0 Å². The topological polar surface area (TPSA) is 96.4 Å². The highest BCUT2D eigenvalue weighted by Crippen LogP contribution is 2.20. The monoisotopic (exact) mass is 393 g/mol. The third-order valence-corrected chi connectivity index (χ3v) is 7.18. The zero-order valence-electron chi connectivity index (χ0n) is 15.7. The summed E-state index contributed by atoms with van der Waals surface area (Å²) in [5, 5.41) is 3.04. The molecule has 1 N–H and O–H groups in total. The van der Waals surface area contributed by atoms with Crippen LogP contribution < -0.4 is 5.32 Å². The predicted octanol–water partition coefficient (Wildman–Crippen LogP) is 1.79. The van der Waals surface area contributed by atoms with Gasteiger partial charge in [-0.25, -0.2) is 8.42 Å². The number of amides is 2. The standard InChI is InChI=1S/C19H27N3O4S/c1-2-22(16-9-11-27(25,26)13-16)19(24)17-12-14(8-10-20-17)18(23)21-15-6-4-3-5-7-15/h8,10,12,15-16H,2-7,9,11,13H2,1H3,(H,21,23). The molecule has 0 aromatic carbocycles. The van der Waals surface area contributed by atoms with E-state index >= 15 is 0 Å². The van der Waals surface area contributed by atoms with E-state index in [1.165, 1.54) is 18.7 Å². The minimum Gasteiger partial charge on any atom is -0.349 e. The smallest absolute Gasteiger partial charge is 0.272 e. The summed E-state index contributed by atoms with van der Waals surface area (Å²) in [6.07, 6.45) is 7.35. The molecule has 8 heteroatoms. The SMILES string of the molecule is CCN(C(=O)c1cc(C(=O)NC2CCCCC2)ccn1)C1CCS(=O)(=O)C1. The third-order valence-electron chi connectivity index (χ3n) is 5.43. The van der Waals surface area contributed by atoms with Gasteiger partial charge in [-0.1, -0.05) is 19.3 Å². The maximum Gasteiger partial charge on any atom is 0.272 e. The van der Waals surface area contributed by atoms with Crippen molar-refractivity contribution >= 4 is 21.7 Å². The van der Waals surface area contributed by atoms with Crippen LogP contribution in [0.25, 0.3) is 0 Å². The summed E-state index contributed by atoms with van der Waals surface area (Å²) in [6.45, 7) is 2.22. The van der Waals surface area contributed by atoms with Gasteiger partial charge in [-0.2, -0.15) is 0 Å². The zero-order chi connectivity index (χ0) is 19.4. The summed E-state index contributed by atoms with van der Waals surface area (Å²) >= 11 is 0. The molecule has 1 atom stereocenters. The molecule has 3 rings (SSSR count). The molecule has 2 heterocycles. The lowest BCUT2D eigenvalue weighted by Crippen LogP contribution is -2.41. The first-order chi connectivity index (χ1) is 12.9. The van der Waals surface area contributed by atoms with Crippen LogP contribution in [0.2, 0.25) is 0 Å². The van der Waals surface area contributed by atoms with E-state index in [-0.39, 0.29) is 41.1 Å². The maximum atomic E-state index is 12.9. The number of nitrogens with one attached hydrogen (secondary N) is 1. The lowest BCUT2D eigenvalue weighted by Gasteiger charge is -2.26. The normalized spacial score (nSPS) is 22.3. The summed E-state index contributed by atoms with van der Waals surface area (Å²) in [5.74, 6) is -0.413. The van der Waals surface area contributed by atoms with Crippen LogP contribution in [0.15, 0.2) is 18.3 Å². The van der Waals surface area contributed by atoms with Gasteiger partial charge in [0.25, 0.3) is 11.8 Å². The first-order valence-corrected chi connectivity index (χ1v) is 11.5. The van der Waals surface area contributed by atoms with E-state index in [4.69, 9.17) is 0 Å². The average Bonchev–Trinajstić information content (AvgIpc) is 3.02. The van der Waals surface area contributed by atoms with E-state index in [0.29, 0.717) is 18.5 Å². The summed E-state index contributed by atoms with van der Waals surface area (Å²) in [5.41, 5.74) is 0.589. The molecule has 2 aliphatic rings. The average molecular weight is 394 g/mol. The summed E-state index contributed by atoms with van der Waals surface area (Å²) in [6, 6.07) is 2.97. The van der Waals surface area contributed by atoms with E-state index in [1.807, 2.05) is 6.92 Å². The molecule has 0 bridgehead atoms. The molecule has 7 nitrogen and oxygen atoms in total. The van der Waals surface area contributed by atoms with Gasteiger partial charge in [-0.15, -0.1) is 0 Å². The van der Waals surface area contributed by atoms with Crippen LogP contribution in [0.3, 0.4) is 0 Å². The van der Waals surface area contributed by atoms with Gasteiger partial charge < -0.3 is 10.2 Å². The van der Waals surface area contributed by atoms with Gasteiger partial charge in [0, 0.05) is 30.4 Å². The van der Waals surface area contributed by atoms with Crippen molar-refractivity contribution in [1.29, 1.82) is 0 Å². The quantitative estimate of drug-likeness (QED) is 0.823. The number of hydrogen-bond acceptors (Lipinski definition) is 5. The molecule has 0 spiro atoms. The Kier molecular flexibility index (Phi) is 6.14. The van der Waals surface area contributed by atoms with Crippen LogP contribution in [0.5, 0.6) is 0 Å². The number of carbonyl (C=O) groups excluding carboxylic acids is 2. The molecular weight excluding hydrogens is 366 g/mol. The van der Waals surface area contributed by atoms with Gasteiger partial charge in [0.2, 0.25) is 0 Å². The molecule has 1 aliphatic carbocycles. The molecule has 1 saturated carbocycles. The van der Waals surface area contributed by atoms with Gasteiger partial charge in [0.15, 0.2) is 9.84 Å². The molecule has 1 aromatic rings. The Morgan fingerprint density at radius 1 is 1.22 bits per heavy atom. The van der Waals surface area contributed by atoms with E-state index in [2.05, 4.69) is 10.3 Å². The fourth-order valence-corrected chi connectivity index (χ4v) is 5.67. The minimum absolute atomic E-state index is 0.00552. The van der Waals surface area contributed by atoms with Gasteiger partial charge in [0.05, 0.1) is 11.5 Å². The Morgan fingerprint density at radius 2 is 1.96 bits per heavy atom. The number of sulfone groups is 1. The Bertz CT molecular complexity index is 803. The van der Waals surface area contributed by atoms with Gasteiger partial charge in [-0.3, -0.25) is 14.6 Å². The molecule has 1 unspecified atom stereocenters. The summed E-state index contributed by atoms with van der Waals surface area (Å²) in [7, 11) is -3.08. The molecule has 27 heavy (non-hydrogen) atoms. The highest BCUT2D eigenvalue weighted by Gasteiger charge is 2.34. The highest BCUT2D eigenvalue weighted by atomic mass is 32.2. The Labute approximate surface area is 160 Å². The van der Waals surface area contributed by atoms with Gasteiger partial charge in [-0.05, 0) is 38.3 Å². The van der Waals surface area contributed by atoms with Crippen LogP contribution in [0.4, 0.5) is 0 Å². The molecule has 1 aromatic heterocycles. The number of nitrogens with zero attached hydrogens (tertiary/aromatic N) is 2. The molecule has 2 fully saturated rings. The van der Waals surface area contributed by atoms with Crippen LogP contribution in [0, 0.1) is 0 Å². The second-order valence-electron chi connectivity index (χ2n) is 7.39. The fourth-order valence-electron chi connectivity index (χ4n) is 3.94. The molecule has 0 radical (unpaired) electrons. The molecule has 1 saturated heterocycles. The van der Waals surface area contributed by atoms with E-state index in [9.17, 15) is 18.0 Å². The predicted molar refractivity (Wildman–Crippen MR) is 102 cm³/mol. The van der Waals surface area contributed by atoms with E-state index in [1.54, 1.807) is 11.0 Å². The lowest BCUT2D eigenvalue weighted by atomic mass is 9.95. The van der Waals surface area contributed by atoms with Crippen molar-refractivity contribution in [3.63, 3.8) is 0 Å². The van der Waals surface area contributed by atoms with Crippen LogP contribution in [0.1, 0.15) is 66.3 Å². The first kappa shape index (κ1) is 19.8. The Balaban J connectivity index is 1.71. The zero-order valence-corrected chi connectivity index (χ0v) is 16.5. The summed E-state index contributed by atoms with van der Waals surface area (Å²) < 4.78 is 23.5. The van der Waals surface area contributed by atoms with Crippen molar-refractivity contribution in [2.75, 3.05) is 18.1 Å². The number of aromatic nitrogens is 1. The molecule has 1 aliphatic heterocycles. The van der Waals surface area contributed by atoms with E-state index < -0.39 is 9.84 Å². The Morgan fingerprint density at radius 3 is 2.59 bits per heavy atom. The largest absolute Gasteiger partial charge is 0.349 e. The highest BCUT2D eigenvalue weighted by molar-refractivity contribution is 7.91. The fraction of sp³-hybridized carbons (Fsp3) is 0.632. The van der Waals surface area contributed by atoms with Gasteiger partial charge >= 0.3 is 0 Å². The maximum absolute atomic E-state index is 12.9. The van der Waals surface area contributed by atoms with Crippen molar-refractivity contribution in [2.24, 2.45) is 0 Å². The number of pyridine rings is 1. The van der Waals surface area contributed by atoms with Crippen LogP contribution in [-0.4, -0.2) is 60.3 Å². The second kappa shape index (κ2) is 8.37. The summed E-state index contributed by atoms with van der Waals surface area (Å²) in [4.78, 5) is 31.1. The number of rotatable bonds is 5. The third kappa shape index (κ3) is 4.86. The van der Waals surface area contributed by atoms with Crippen LogP contribution >= 0.6 is 0 Å². The van der Waals surface area contributed by atoms with Crippen molar-refractivity contribution in [1.82, 2.24) is 15.2 Å². The van der Waals surface area contributed by atoms with Gasteiger partial charge in [0.1, 0.15) is 5.69 Å². The lowest BCUT2D eigenvalue weighted by molar-refractivity contribution is 0.0702. The van der Waals surface area contributed by atoms with E-state index in [0.717, 1.165) is 25.7 Å². The number of carbonyl (C=O) groups is 2. The minimum atomic E-state index is -3.08. The Hall–Kier alpha value is -1.96. The molecule has 2 amide bonds.